The van der Waals surface area contributed by atoms with Crippen LogP contribution >= 0.6 is 11.3 Å². The molecule has 0 bridgehead atoms. The fraction of sp³-hybridized carbons (Fsp3) is 0. The van der Waals surface area contributed by atoms with Gasteiger partial charge in [0, 0.05) is 48.4 Å². The van der Waals surface area contributed by atoms with Crippen molar-refractivity contribution in [1.29, 1.82) is 0 Å². The zero-order valence-corrected chi connectivity index (χ0v) is 32.2. The van der Waals surface area contributed by atoms with E-state index in [1.54, 1.807) is 0 Å². The van der Waals surface area contributed by atoms with Crippen LogP contribution in [0.3, 0.4) is 0 Å². The van der Waals surface area contributed by atoms with E-state index < -0.39 is 0 Å². The summed E-state index contributed by atoms with van der Waals surface area (Å²) in [6.45, 7) is 0. The molecule has 2 nitrogen and oxygen atoms in total. The molecule has 0 aliphatic rings. The van der Waals surface area contributed by atoms with Crippen LogP contribution in [0.1, 0.15) is 0 Å². The van der Waals surface area contributed by atoms with Crippen molar-refractivity contribution in [2.45, 2.75) is 0 Å². The van der Waals surface area contributed by atoms with Crippen LogP contribution in [0.5, 0.6) is 0 Å². The molecule has 3 heteroatoms. The number of para-hydroxylation sites is 1. The molecule has 0 fully saturated rings. The van der Waals surface area contributed by atoms with Crippen molar-refractivity contribution < 1.29 is 0 Å². The number of hydrogen-bond acceptors (Lipinski definition) is 2. The van der Waals surface area contributed by atoms with Crippen LogP contribution in [0.2, 0.25) is 0 Å². The summed E-state index contributed by atoms with van der Waals surface area (Å²) in [6, 6.07) is 73.4. The van der Waals surface area contributed by atoms with E-state index in [1.165, 1.54) is 103 Å². The number of pyridine rings is 1. The predicted octanol–water partition coefficient (Wildman–Crippen LogP) is 15.5. The molecule has 270 valence electrons. The first-order valence-corrected chi connectivity index (χ1v) is 20.6. The maximum Gasteiger partial charge on any atom is 0.0702 e. The summed E-state index contributed by atoms with van der Waals surface area (Å²) in [4.78, 5) is 4.75. The van der Waals surface area contributed by atoms with E-state index in [0.29, 0.717) is 0 Å². The fourth-order valence-corrected chi connectivity index (χ4v) is 10.2. The van der Waals surface area contributed by atoms with Crippen molar-refractivity contribution in [3.8, 4) is 50.3 Å². The highest BCUT2D eigenvalue weighted by molar-refractivity contribution is 7.25. The summed E-state index contributed by atoms with van der Waals surface area (Å²) in [6.07, 6.45) is 1.87. The summed E-state index contributed by atoms with van der Waals surface area (Å²) >= 11 is 1.86. The summed E-state index contributed by atoms with van der Waals surface area (Å²) in [5, 5.41) is 10.1. The average Bonchev–Trinajstić information content (AvgIpc) is 3.84. The minimum absolute atomic E-state index is 0.964. The number of fused-ring (bicyclic) bond motifs is 9. The molecule has 3 heterocycles. The number of aromatic nitrogens is 2. The van der Waals surface area contributed by atoms with Gasteiger partial charge in [-0.2, -0.15) is 0 Å². The lowest BCUT2D eigenvalue weighted by atomic mass is 9.88. The second-order valence-corrected chi connectivity index (χ2v) is 16.2. The normalized spacial score (nSPS) is 11.8. The van der Waals surface area contributed by atoms with Crippen molar-refractivity contribution >= 4 is 74.9 Å². The second kappa shape index (κ2) is 13.1. The van der Waals surface area contributed by atoms with Crippen LogP contribution in [-0.2, 0) is 0 Å². The number of thiophene rings is 1. The van der Waals surface area contributed by atoms with Gasteiger partial charge in [-0.05, 0) is 140 Å². The van der Waals surface area contributed by atoms with E-state index in [2.05, 4.69) is 199 Å². The monoisotopic (exact) mass is 754 g/mol. The van der Waals surface area contributed by atoms with Gasteiger partial charge in [0.15, 0.2) is 0 Å². The summed E-state index contributed by atoms with van der Waals surface area (Å²) < 4.78 is 5.08. The Bertz CT molecular complexity index is 3500. The fourth-order valence-electron chi connectivity index (χ4n) is 9.07. The lowest BCUT2D eigenvalue weighted by Crippen LogP contribution is -1.93. The number of nitrogens with zero attached hydrogens (tertiary/aromatic N) is 2. The SMILES string of the molecule is c1ccc(-c2cc(-c3ccccn3)cc(-c3cc4ccccc4c4cc(-c5ccc6c(c5)c5ccccc5n6-c5ccc6sc7ccccc7c6c5)ccc34)c2)cc1. The van der Waals surface area contributed by atoms with Crippen LogP contribution in [0, 0.1) is 0 Å². The molecule has 0 radical (unpaired) electrons. The summed E-state index contributed by atoms with van der Waals surface area (Å²) in [5.41, 5.74) is 12.8. The van der Waals surface area contributed by atoms with Crippen LogP contribution in [-0.4, -0.2) is 9.55 Å². The van der Waals surface area contributed by atoms with Crippen LogP contribution in [0.4, 0.5) is 0 Å². The molecular weight excluding hydrogens is 721 g/mol. The largest absolute Gasteiger partial charge is 0.309 e. The molecule has 0 aliphatic carbocycles. The van der Waals surface area contributed by atoms with Gasteiger partial charge in [-0.3, -0.25) is 4.98 Å². The lowest BCUT2D eigenvalue weighted by molar-refractivity contribution is 1.19. The van der Waals surface area contributed by atoms with Crippen LogP contribution in [0.25, 0.3) is 114 Å². The van der Waals surface area contributed by atoms with Gasteiger partial charge in [0.05, 0.1) is 16.7 Å². The Kier molecular flexibility index (Phi) is 7.44. The van der Waals surface area contributed by atoms with Crippen molar-refractivity contribution in [1.82, 2.24) is 9.55 Å². The summed E-state index contributed by atoms with van der Waals surface area (Å²) in [7, 11) is 0. The molecule has 0 spiro atoms. The number of rotatable bonds is 5. The molecular formula is C55H34N2S. The van der Waals surface area contributed by atoms with E-state index in [9.17, 15) is 0 Å². The zero-order chi connectivity index (χ0) is 38.2. The van der Waals surface area contributed by atoms with Crippen LogP contribution < -0.4 is 0 Å². The Morgan fingerprint density at radius 1 is 0.345 bits per heavy atom. The molecule has 0 saturated carbocycles. The Balaban J connectivity index is 1.04. The minimum atomic E-state index is 0.964. The molecule has 9 aromatic carbocycles. The third kappa shape index (κ3) is 5.28. The second-order valence-electron chi connectivity index (χ2n) is 15.1. The highest BCUT2D eigenvalue weighted by atomic mass is 32.1. The Hall–Kier alpha value is -7.33. The average molecular weight is 755 g/mol. The Morgan fingerprint density at radius 2 is 1.03 bits per heavy atom. The smallest absolute Gasteiger partial charge is 0.0702 e. The van der Waals surface area contributed by atoms with E-state index in [1.807, 2.05) is 23.6 Å². The quantitative estimate of drug-likeness (QED) is 0.160. The Morgan fingerprint density at radius 3 is 1.91 bits per heavy atom. The van der Waals surface area contributed by atoms with Crippen molar-refractivity contribution in [3.05, 3.63) is 206 Å². The maximum absolute atomic E-state index is 4.75. The maximum atomic E-state index is 4.75. The van der Waals surface area contributed by atoms with Crippen molar-refractivity contribution in [2.24, 2.45) is 0 Å². The van der Waals surface area contributed by atoms with Gasteiger partial charge in [-0.1, -0.05) is 115 Å². The molecule has 12 aromatic rings. The molecule has 0 saturated heterocycles. The van der Waals surface area contributed by atoms with E-state index in [0.717, 1.165) is 11.3 Å². The van der Waals surface area contributed by atoms with Gasteiger partial charge < -0.3 is 4.57 Å². The third-order valence-corrected chi connectivity index (χ3v) is 12.9. The standard InChI is InChI=1S/C55H34N2S/c1-2-12-35(13-3-1)39-28-40(30-41(29-39)51-18-10-11-27-56-51)47-33-38-14-4-5-15-43(38)48-31-36(21-24-44(47)48)37-22-25-53-49(32-37)45-16-6-8-19-52(45)57(53)42-23-26-55-50(34-42)46-17-7-9-20-54(46)58-55/h1-34H. The number of hydrogen-bond donors (Lipinski definition) is 0. The van der Waals surface area contributed by atoms with Gasteiger partial charge in [-0.25, -0.2) is 0 Å². The molecule has 0 aliphatic heterocycles. The van der Waals surface area contributed by atoms with E-state index in [4.69, 9.17) is 4.98 Å². The highest BCUT2D eigenvalue weighted by Crippen LogP contribution is 2.42. The van der Waals surface area contributed by atoms with E-state index >= 15 is 0 Å². The zero-order valence-electron chi connectivity index (χ0n) is 31.4. The molecule has 58 heavy (non-hydrogen) atoms. The highest BCUT2D eigenvalue weighted by Gasteiger charge is 2.17. The molecule has 12 rings (SSSR count). The van der Waals surface area contributed by atoms with Crippen LogP contribution in [0.15, 0.2) is 206 Å². The van der Waals surface area contributed by atoms with Gasteiger partial charge >= 0.3 is 0 Å². The topological polar surface area (TPSA) is 17.8 Å². The summed E-state index contributed by atoms with van der Waals surface area (Å²) in [5.74, 6) is 0. The minimum Gasteiger partial charge on any atom is -0.309 e. The molecule has 0 atom stereocenters. The molecule has 0 unspecified atom stereocenters. The van der Waals surface area contributed by atoms with Crippen molar-refractivity contribution in [3.63, 3.8) is 0 Å². The first-order valence-electron chi connectivity index (χ1n) is 19.8. The van der Waals surface area contributed by atoms with Gasteiger partial charge in [0.25, 0.3) is 0 Å². The molecule has 0 amide bonds. The Labute approximate surface area is 339 Å². The van der Waals surface area contributed by atoms with Gasteiger partial charge in [0.2, 0.25) is 0 Å². The van der Waals surface area contributed by atoms with E-state index in [-0.39, 0.29) is 0 Å². The molecule has 0 N–H and O–H groups in total. The predicted molar refractivity (Wildman–Crippen MR) is 248 cm³/mol. The lowest BCUT2D eigenvalue weighted by Gasteiger charge is -2.15. The van der Waals surface area contributed by atoms with Gasteiger partial charge in [0.1, 0.15) is 0 Å². The first-order chi connectivity index (χ1) is 28.7. The number of benzene rings is 9. The first kappa shape index (κ1) is 32.9. The third-order valence-electron chi connectivity index (χ3n) is 11.8. The molecule has 3 aromatic heterocycles. The van der Waals surface area contributed by atoms with Gasteiger partial charge in [-0.15, -0.1) is 11.3 Å². The van der Waals surface area contributed by atoms with Crippen molar-refractivity contribution in [2.75, 3.05) is 0 Å².